The number of aromatic amines is 2. The number of nitrogens with zero attached hydrogens (tertiary/aromatic N) is 3. The van der Waals surface area contributed by atoms with E-state index in [0.29, 0.717) is 6.42 Å². The third-order valence-electron chi connectivity index (χ3n) is 9.33. The normalized spacial score (nSPS) is 17.0. The van der Waals surface area contributed by atoms with Crippen LogP contribution < -0.4 is 15.5 Å². The van der Waals surface area contributed by atoms with Gasteiger partial charge in [-0.1, -0.05) is 61.5 Å². The molecule has 2 aromatic heterocycles. The van der Waals surface area contributed by atoms with E-state index in [-0.39, 0.29) is 11.9 Å². The van der Waals surface area contributed by atoms with Gasteiger partial charge >= 0.3 is 0 Å². The van der Waals surface area contributed by atoms with Crippen molar-refractivity contribution < 1.29 is 4.79 Å². The highest BCUT2D eigenvalue weighted by atomic mass is 16.2. The molecule has 4 heterocycles. The van der Waals surface area contributed by atoms with Crippen LogP contribution in [0.5, 0.6) is 0 Å². The number of H-pyrrole nitrogens is 2. The number of hydrogen-bond donors (Lipinski definition) is 4. The molecule has 4 N–H and O–H groups in total. The van der Waals surface area contributed by atoms with Crippen LogP contribution in [0.15, 0.2) is 91.1 Å². The first kappa shape index (κ1) is 27.5. The van der Waals surface area contributed by atoms with Crippen molar-refractivity contribution in [1.82, 2.24) is 19.9 Å². The fourth-order valence-electron chi connectivity index (χ4n) is 6.77. The van der Waals surface area contributed by atoms with Crippen LogP contribution in [-0.4, -0.2) is 58.0 Å². The summed E-state index contributed by atoms with van der Waals surface area (Å²) < 4.78 is 0. The lowest BCUT2D eigenvalue weighted by atomic mass is 10.0. The average Bonchev–Trinajstić information content (AvgIpc) is 3.70. The number of aromatic nitrogens is 3. The Morgan fingerprint density at radius 1 is 0.844 bits per heavy atom. The van der Waals surface area contributed by atoms with E-state index in [4.69, 9.17) is 4.98 Å². The van der Waals surface area contributed by atoms with Gasteiger partial charge in [0, 0.05) is 61.8 Å². The summed E-state index contributed by atoms with van der Waals surface area (Å²) in [5, 5.41) is 7.81. The number of rotatable bonds is 7. The van der Waals surface area contributed by atoms with Crippen LogP contribution in [0, 0.1) is 0 Å². The second-order valence-corrected chi connectivity index (χ2v) is 12.2. The minimum Gasteiger partial charge on any atom is -0.372 e. The summed E-state index contributed by atoms with van der Waals surface area (Å²) >= 11 is 0. The van der Waals surface area contributed by atoms with Crippen molar-refractivity contribution in [3.63, 3.8) is 0 Å². The zero-order valence-corrected chi connectivity index (χ0v) is 25.4. The van der Waals surface area contributed by atoms with Crippen LogP contribution in [0.2, 0.25) is 0 Å². The topological polar surface area (TPSA) is 92.1 Å². The van der Waals surface area contributed by atoms with E-state index in [1.165, 1.54) is 16.8 Å². The van der Waals surface area contributed by atoms with Gasteiger partial charge in [-0.25, -0.2) is 4.98 Å². The monoisotopic (exact) mass is 595 g/mol. The Kier molecular flexibility index (Phi) is 6.99. The number of para-hydroxylation sites is 2. The van der Waals surface area contributed by atoms with Gasteiger partial charge in [0.2, 0.25) is 5.91 Å². The van der Waals surface area contributed by atoms with Gasteiger partial charge < -0.3 is 25.5 Å². The molecule has 1 unspecified atom stereocenters. The molecule has 226 valence electrons. The number of imidazole rings is 1. The molecular weight excluding hydrogens is 558 g/mol. The number of hydrogen-bond acceptors (Lipinski definition) is 5. The van der Waals surface area contributed by atoms with E-state index in [2.05, 4.69) is 104 Å². The molecule has 1 amide bonds. The van der Waals surface area contributed by atoms with E-state index < -0.39 is 0 Å². The smallest absolute Gasteiger partial charge is 0.247 e. The first-order valence-corrected chi connectivity index (χ1v) is 15.9. The third kappa shape index (κ3) is 5.31. The molecule has 0 spiro atoms. The number of anilines is 3. The number of fused-ring (bicyclic) bond motifs is 3. The van der Waals surface area contributed by atoms with Gasteiger partial charge in [0.05, 0.1) is 22.6 Å². The Labute approximate surface area is 262 Å². The number of carbonyl (C=O) groups is 1. The van der Waals surface area contributed by atoms with Gasteiger partial charge in [0.25, 0.3) is 0 Å². The van der Waals surface area contributed by atoms with Crippen molar-refractivity contribution in [3.05, 3.63) is 108 Å². The average molecular weight is 596 g/mol. The number of nitrogens with one attached hydrogen (secondary N) is 4. The highest BCUT2D eigenvalue weighted by Gasteiger charge is 2.27. The quantitative estimate of drug-likeness (QED) is 0.168. The molecule has 0 radical (unpaired) electrons. The molecule has 0 bridgehead atoms. The van der Waals surface area contributed by atoms with Crippen LogP contribution in [0.3, 0.4) is 0 Å². The molecule has 6 aromatic rings. The predicted octanol–water partition coefficient (Wildman–Crippen LogP) is 6.57. The fraction of sp³-hybridized carbons (Fsp3) is 0.243. The molecule has 8 rings (SSSR count). The SMILES string of the molecule is CCc1ccc(-c2nc3c(N4CCN(Cc5ccc6c(c5)NC(Cc5c[nH]c7ccccc57)C(=O)N6)CC4)cccc3[nH]2)cc1. The second-order valence-electron chi connectivity index (χ2n) is 12.2. The summed E-state index contributed by atoms with van der Waals surface area (Å²) in [4.78, 5) is 29.8. The summed E-state index contributed by atoms with van der Waals surface area (Å²) in [6.45, 7) is 6.87. The predicted molar refractivity (Wildman–Crippen MR) is 183 cm³/mol. The molecule has 1 saturated heterocycles. The van der Waals surface area contributed by atoms with Crippen molar-refractivity contribution in [2.24, 2.45) is 0 Å². The molecule has 4 aromatic carbocycles. The maximum atomic E-state index is 12.9. The first-order valence-electron chi connectivity index (χ1n) is 15.9. The number of benzene rings is 4. The molecule has 2 aliphatic heterocycles. The van der Waals surface area contributed by atoms with E-state index in [0.717, 1.165) is 89.4 Å². The molecule has 8 nitrogen and oxygen atoms in total. The Morgan fingerprint density at radius 3 is 2.49 bits per heavy atom. The van der Waals surface area contributed by atoms with E-state index in [9.17, 15) is 4.79 Å². The van der Waals surface area contributed by atoms with Crippen molar-refractivity contribution in [2.75, 3.05) is 41.7 Å². The summed E-state index contributed by atoms with van der Waals surface area (Å²) in [6.07, 6.45) is 3.67. The molecule has 1 fully saturated rings. The van der Waals surface area contributed by atoms with Crippen molar-refractivity contribution in [2.45, 2.75) is 32.4 Å². The highest BCUT2D eigenvalue weighted by Crippen LogP contribution is 2.32. The third-order valence-corrected chi connectivity index (χ3v) is 9.33. The van der Waals surface area contributed by atoms with E-state index in [1.807, 2.05) is 24.4 Å². The van der Waals surface area contributed by atoms with Gasteiger partial charge in [-0.3, -0.25) is 9.69 Å². The molecule has 0 saturated carbocycles. The number of piperazine rings is 1. The van der Waals surface area contributed by atoms with E-state index >= 15 is 0 Å². The van der Waals surface area contributed by atoms with Crippen LogP contribution >= 0.6 is 0 Å². The molecule has 0 aliphatic carbocycles. The lowest BCUT2D eigenvalue weighted by molar-refractivity contribution is -0.117. The van der Waals surface area contributed by atoms with Crippen LogP contribution in [-0.2, 0) is 24.2 Å². The summed E-state index contributed by atoms with van der Waals surface area (Å²) in [6, 6.07) is 29.4. The zero-order chi connectivity index (χ0) is 30.3. The van der Waals surface area contributed by atoms with Gasteiger partial charge in [0.1, 0.15) is 17.4 Å². The first-order chi connectivity index (χ1) is 22.1. The summed E-state index contributed by atoms with van der Waals surface area (Å²) in [5.74, 6) is 0.921. The Morgan fingerprint density at radius 2 is 1.64 bits per heavy atom. The van der Waals surface area contributed by atoms with Crippen molar-refractivity contribution >= 4 is 44.9 Å². The van der Waals surface area contributed by atoms with Crippen molar-refractivity contribution in [3.8, 4) is 11.4 Å². The van der Waals surface area contributed by atoms with Gasteiger partial charge in [0.15, 0.2) is 0 Å². The zero-order valence-electron chi connectivity index (χ0n) is 25.4. The lowest BCUT2D eigenvalue weighted by Crippen LogP contribution is -2.46. The molecule has 1 atom stereocenters. The fourth-order valence-corrected chi connectivity index (χ4v) is 6.77. The van der Waals surface area contributed by atoms with Gasteiger partial charge in [-0.15, -0.1) is 0 Å². The highest BCUT2D eigenvalue weighted by molar-refractivity contribution is 6.03. The minimum absolute atomic E-state index is 0.00473. The molecule has 8 heteroatoms. The summed E-state index contributed by atoms with van der Waals surface area (Å²) in [7, 11) is 0. The largest absolute Gasteiger partial charge is 0.372 e. The molecule has 2 aliphatic rings. The second kappa shape index (κ2) is 11.4. The van der Waals surface area contributed by atoms with Crippen LogP contribution in [0.1, 0.15) is 23.6 Å². The Balaban J connectivity index is 0.930. The Bertz CT molecular complexity index is 2000. The van der Waals surface area contributed by atoms with Crippen LogP contribution in [0.25, 0.3) is 33.3 Å². The van der Waals surface area contributed by atoms with Crippen LogP contribution in [0.4, 0.5) is 17.1 Å². The number of amides is 1. The van der Waals surface area contributed by atoms with Gasteiger partial charge in [-0.05, 0) is 53.4 Å². The van der Waals surface area contributed by atoms with Crippen molar-refractivity contribution in [1.29, 1.82) is 0 Å². The standard InChI is InChI=1S/C37H37N7O/c1-2-24-10-13-26(14-11-24)36-40-31-8-5-9-34(35(31)42-36)44-18-16-43(17-19-44)23-25-12-15-30-32(20-25)39-33(37(45)41-30)21-27-22-38-29-7-4-3-6-28(27)29/h3-15,20,22,33,38-39H,2,16-19,21,23H2,1H3,(H,40,42)(H,41,45). The number of carbonyl (C=O) groups excluding carboxylic acids is 1. The Hall–Kier alpha value is -5.08. The number of aryl methyl sites for hydroxylation is 1. The maximum absolute atomic E-state index is 12.9. The lowest BCUT2D eigenvalue weighted by Gasteiger charge is -2.36. The van der Waals surface area contributed by atoms with Gasteiger partial charge in [-0.2, -0.15) is 0 Å². The maximum Gasteiger partial charge on any atom is 0.247 e. The summed E-state index contributed by atoms with van der Waals surface area (Å²) in [5.41, 5.74) is 11.0. The van der Waals surface area contributed by atoms with E-state index in [1.54, 1.807) is 0 Å². The minimum atomic E-state index is -0.323. The molecular formula is C37H37N7O. The molecule has 45 heavy (non-hydrogen) atoms.